The third kappa shape index (κ3) is 3.44. The summed E-state index contributed by atoms with van der Waals surface area (Å²) in [4.78, 5) is 22.8. The maximum atomic E-state index is 14.3. The topological polar surface area (TPSA) is 66.8 Å². The molecule has 0 bridgehead atoms. The lowest BCUT2D eigenvalue weighted by atomic mass is 9.97. The van der Waals surface area contributed by atoms with E-state index in [0.29, 0.717) is 41.6 Å². The third-order valence-electron chi connectivity index (χ3n) is 6.62. The zero-order valence-corrected chi connectivity index (χ0v) is 17.7. The Morgan fingerprint density at radius 3 is 2.87 bits per heavy atom. The first-order chi connectivity index (χ1) is 14.5. The first kappa shape index (κ1) is 19.7. The van der Waals surface area contributed by atoms with E-state index in [1.807, 2.05) is 4.68 Å². The van der Waals surface area contributed by atoms with Crippen LogP contribution in [0.25, 0.3) is 11.0 Å². The Kier molecular flexibility index (Phi) is 5.11. The fraction of sp³-hybridized carbons (Fsp3) is 0.500. The van der Waals surface area contributed by atoms with Crippen LogP contribution in [0.1, 0.15) is 56.0 Å². The van der Waals surface area contributed by atoms with E-state index in [1.165, 1.54) is 12.8 Å². The minimum Gasteiger partial charge on any atom is -0.310 e. The van der Waals surface area contributed by atoms with Crippen molar-refractivity contribution in [2.24, 2.45) is 5.92 Å². The summed E-state index contributed by atoms with van der Waals surface area (Å²) in [6.45, 7) is 4.15. The third-order valence-corrected chi connectivity index (χ3v) is 6.91. The zero-order valence-electron chi connectivity index (χ0n) is 16.9. The van der Waals surface area contributed by atoms with Crippen molar-refractivity contribution in [3.05, 3.63) is 57.0 Å². The molecule has 158 valence electrons. The number of fused-ring (bicyclic) bond motifs is 1. The highest BCUT2D eigenvalue weighted by atomic mass is 35.5. The lowest BCUT2D eigenvalue weighted by Gasteiger charge is -2.17. The van der Waals surface area contributed by atoms with Crippen molar-refractivity contribution in [2.45, 2.75) is 51.1 Å². The Hall–Kier alpha value is -2.25. The van der Waals surface area contributed by atoms with E-state index < -0.39 is 0 Å². The van der Waals surface area contributed by atoms with Gasteiger partial charge in [-0.15, -0.1) is 0 Å². The molecule has 1 saturated carbocycles. The molecule has 2 aliphatic rings. The van der Waals surface area contributed by atoms with Gasteiger partial charge in [-0.05, 0) is 24.8 Å². The molecule has 1 aliphatic heterocycles. The number of likely N-dealkylation sites (tertiary alicyclic amines) is 1. The molecule has 1 aliphatic carbocycles. The van der Waals surface area contributed by atoms with Gasteiger partial charge in [0.1, 0.15) is 17.0 Å². The number of benzene rings is 1. The summed E-state index contributed by atoms with van der Waals surface area (Å²) in [6.07, 6.45) is 6.18. The summed E-state index contributed by atoms with van der Waals surface area (Å²) < 4.78 is 16.3. The first-order valence-corrected chi connectivity index (χ1v) is 11.0. The van der Waals surface area contributed by atoms with E-state index in [1.54, 1.807) is 24.4 Å². The van der Waals surface area contributed by atoms with Crippen molar-refractivity contribution < 1.29 is 4.39 Å². The second-order valence-electron chi connectivity index (χ2n) is 8.71. The molecule has 2 aromatic heterocycles. The first-order valence-electron chi connectivity index (χ1n) is 10.6. The average molecular weight is 430 g/mol. The molecule has 0 amide bonds. The van der Waals surface area contributed by atoms with E-state index in [4.69, 9.17) is 16.6 Å². The van der Waals surface area contributed by atoms with Crippen molar-refractivity contribution in [1.29, 1.82) is 0 Å². The Labute approximate surface area is 179 Å². The molecule has 0 radical (unpaired) electrons. The van der Waals surface area contributed by atoms with Crippen molar-refractivity contribution in [3.8, 4) is 0 Å². The second-order valence-corrected chi connectivity index (χ2v) is 9.11. The van der Waals surface area contributed by atoms with Crippen LogP contribution in [-0.4, -0.2) is 37.7 Å². The summed E-state index contributed by atoms with van der Waals surface area (Å²) in [5.74, 6) is 0.712. The van der Waals surface area contributed by atoms with Crippen LogP contribution in [0.5, 0.6) is 0 Å². The number of hydrogen-bond donors (Lipinski definition) is 1. The second kappa shape index (κ2) is 7.78. The van der Waals surface area contributed by atoms with E-state index >= 15 is 0 Å². The molecule has 1 saturated heterocycles. The monoisotopic (exact) mass is 429 g/mol. The molecule has 0 unspecified atom stereocenters. The van der Waals surface area contributed by atoms with Gasteiger partial charge in [0.25, 0.3) is 5.56 Å². The standard InChI is InChI=1S/C22H25ClFN5O/c1-13-10-28(11-14-5-4-8-18(23)19(14)24)12-17(13)20-26-21-16(22(30)27-20)9-25-29(21)15-6-2-3-7-15/h4-5,8-9,13,15,17H,2-3,6-7,10-12H2,1H3,(H,26,27,30)/t13-,17-/m1/s1. The van der Waals surface area contributed by atoms with Crippen LogP contribution in [0, 0.1) is 11.7 Å². The summed E-state index contributed by atoms with van der Waals surface area (Å²) in [6, 6.07) is 5.43. The number of hydrogen-bond acceptors (Lipinski definition) is 4. The van der Waals surface area contributed by atoms with Crippen LogP contribution in [0.15, 0.2) is 29.2 Å². The largest absolute Gasteiger partial charge is 0.310 e. The van der Waals surface area contributed by atoms with Crippen molar-refractivity contribution in [2.75, 3.05) is 13.1 Å². The van der Waals surface area contributed by atoms with Gasteiger partial charge in [0.15, 0.2) is 5.65 Å². The molecule has 2 fully saturated rings. The summed E-state index contributed by atoms with van der Waals surface area (Å²) in [5, 5.41) is 5.18. The summed E-state index contributed by atoms with van der Waals surface area (Å²) in [5.41, 5.74) is 1.14. The van der Waals surface area contributed by atoms with Gasteiger partial charge in [0, 0.05) is 31.1 Å². The summed E-state index contributed by atoms with van der Waals surface area (Å²) in [7, 11) is 0. The Morgan fingerprint density at radius 2 is 2.07 bits per heavy atom. The lowest BCUT2D eigenvalue weighted by molar-refractivity contribution is 0.313. The Bertz CT molecular complexity index is 1140. The molecule has 3 heterocycles. The normalized spacial score (nSPS) is 23.0. The highest BCUT2D eigenvalue weighted by Gasteiger charge is 2.33. The Morgan fingerprint density at radius 1 is 1.27 bits per heavy atom. The Balaban J connectivity index is 1.43. The number of aromatic nitrogens is 4. The van der Waals surface area contributed by atoms with E-state index in [-0.39, 0.29) is 28.2 Å². The van der Waals surface area contributed by atoms with E-state index in [9.17, 15) is 9.18 Å². The van der Waals surface area contributed by atoms with Gasteiger partial charge in [-0.3, -0.25) is 9.69 Å². The predicted octanol–water partition coefficient (Wildman–Crippen LogP) is 4.26. The molecule has 6 nitrogen and oxygen atoms in total. The van der Waals surface area contributed by atoms with Crippen LogP contribution < -0.4 is 5.56 Å². The number of H-pyrrole nitrogens is 1. The highest BCUT2D eigenvalue weighted by Crippen LogP contribution is 2.34. The molecule has 3 aromatic rings. The number of rotatable bonds is 4. The summed E-state index contributed by atoms with van der Waals surface area (Å²) >= 11 is 5.93. The highest BCUT2D eigenvalue weighted by molar-refractivity contribution is 6.30. The minimum atomic E-state index is -0.358. The molecular weight excluding hydrogens is 405 g/mol. The van der Waals surface area contributed by atoms with Crippen LogP contribution in [0.4, 0.5) is 4.39 Å². The SMILES string of the molecule is C[C@@H]1CN(Cc2cccc(Cl)c2F)C[C@H]1c1nc2c(cnn2C2CCCC2)c(=O)[nH]1. The van der Waals surface area contributed by atoms with Crippen molar-refractivity contribution in [1.82, 2.24) is 24.6 Å². The van der Waals surface area contributed by atoms with E-state index in [2.05, 4.69) is 21.9 Å². The number of nitrogens with one attached hydrogen (secondary N) is 1. The molecule has 1 aromatic carbocycles. The quantitative estimate of drug-likeness (QED) is 0.672. The number of halogens is 2. The molecule has 2 atom stereocenters. The smallest absolute Gasteiger partial charge is 0.262 e. The van der Waals surface area contributed by atoms with Crippen LogP contribution in [-0.2, 0) is 6.54 Å². The fourth-order valence-corrected chi connectivity index (χ4v) is 5.20. The molecule has 8 heteroatoms. The van der Waals surface area contributed by atoms with Gasteiger partial charge in [-0.25, -0.2) is 14.1 Å². The predicted molar refractivity (Wildman–Crippen MR) is 114 cm³/mol. The van der Waals surface area contributed by atoms with Gasteiger partial charge >= 0.3 is 0 Å². The van der Waals surface area contributed by atoms with Crippen molar-refractivity contribution >= 4 is 22.6 Å². The fourth-order valence-electron chi connectivity index (χ4n) is 5.01. The average Bonchev–Trinajstić information content (AvgIpc) is 3.45. The van der Waals surface area contributed by atoms with E-state index in [0.717, 1.165) is 19.4 Å². The lowest BCUT2D eigenvalue weighted by Crippen LogP contribution is -2.22. The maximum Gasteiger partial charge on any atom is 0.262 e. The van der Waals surface area contributed by atoms with Gasteiger partial charge in [-0.1, -0.05) is 43.5 Å². The number of aromatic amines is 1. The molecular formula is C22H25ClFN5O. The molecule has 30 heavy (non-hydrogen) atoms. The zero-order chi connectivity index (χ0) is 20.8. The van der Waals surface area contributed by atoms with Crippen LogP contribution >= 0.6 is 11.6 Å². The van der Waals surface area contributed by atoms with Crippen molar-refractivity contribution in [3.63, 3.8) is 0 Å². The van der Waals surface area contributed by atoms with Gasteiger partial charge in [-0.2, -0.15) is 5.10 Å². The van der Waals surface area contributed by atoms with Crippen LogP contribution in [0.3, 0.4) is 0 Å². The molecule has 1 N–H and O–H groups in total. The van der Waals surface area contributed by atoms with Gasteiger partial charge in [0.2, 0.25) is 0 Å². The molecule has 5 rings (SSSR count). The van der Waals surface area contributed by atoms with Crippen LogP contribution in [0.2, 0.25) is 5.02 Å². The molecule has 0 spiro atoms. The minimum absolute atomic E-state index is 0.0799. The maximum absolute atomic E-state index is 14.3. The van der Waals surface area contributed by atoms with Gasteiger partial charge in [0.05, 0.1) is 17.3 Å². The number of nitrogens with zero attached hydrogens (tertiary/aromatic N) is 4. The van der Waals surface area contributed by atoms with Gasteiger partial charge < -0.3 is 4.98 Å².